The van der Waals surface area contributed by atoms with Gasteiger partial charge in [-0.2, -0.15) is 0 Å². The van der Waals surface area contributed by atoms with Crippen LogP contribution in [-0.4, -0.2) is 17.0 Å². The van der Waals surface area contributed by atoms with Gasteiger partial charge in [0.15, 0.2) is 5.79 Å². The maximum Gasteiger partial charge on any atom is 0.222 e. The van der Waals surface area contributed by atoms with Crippen molar-refractivity contribution in [3.05, 3.63) is 25.3 Å². The van der Waals surface area contributed by atoms with Gasteiger partial charge in [-0.3, -0.25) is 0 Å². The maximum absolute atomic E-state index is 5.97. The van der Waals surface area contributed by atoms with Crippen molar-refractivity contribution in [3.63, 3.8) is 0 Å². The molecule has 0 atom stereocenters. The van der Waals surface area contributed by atoms with Gasteiger partial charge in [0, 0.05) is 0 Å². The molecule has 0 saturated carbocycles. The normalized spacial score (nSPS) is 23.3. The molecule has 1 fully saturated rings. The molecule has 0 aromatic rings. The molecule has 17 heavy (non-hydrogen) atoms. The zero-order valence-electron chi connectivity index (χ0n) is 10.5. The monoisotopic (exact) mass is 230 g/mol. The molecule has 90 valence electrons. The third-order valence-electron chi connectivity index (χ3n) is 2.84. The van der Waals surface area contributed by atoms with Gasteiger partial charge in [0.1, 0.15) is 5.60 Å². The van der Waals surface area contributed by atoms with E-state index in [-0.39, 0.29) is 0 Å². The summed E-state index contributed by atoms with van der Waals surface area (Å²) in [5.41, 5.74) is -1.97. The first-order chi connectivity index (χ1) is 7.91. The highest BCUT2D eigenvalue weighted by Crippen LogP contribution is 2.48. The third kappa shape index (κ3) is 2.03. The Hall–Kier alpha value is -1.48. The minimum absolute atomic E-state index is 0.511. The van der Waals surface area contributed by atoms with E-state index in [9.17, 15) is 0 Å². The summed E-state index contributed by atoms with van der Waals surface area (Å²) in [4.78, 5) is 0. The third-order valence-corrected chi connectivity index (χ3v) is 2.84. The Labute approximate surface area is 104 Å². The summed E-state index contributed by atoms with van der Waals surface area (Å²) >= 11 is 0. The molecule has 1 rings (SSSR count). The molecular formula is C15H18O2. The lowest BCUT2D eigenvalue weighted by Gasteiger charge is -2.34. The van der Waals surface area contributed by atoms with Crippen molar-refractivity contribution in [2.75, 3.05) is 0 Å². The van der Waals surface area contributed by atoms with Crippen LogP contribution in [0.2, 0.25) is 0 Å². The fourth-order valence-electron chi connectivity index (χ4n) is 2.31. The van der Waals surface area contributed by atoms with E-state index in [0.29, 0.717) is 12.8 Å². The quantitative estimate of drug-likeness (QED) is 0.546. The Kier molecular flexibility index (Phi) is 3.53. The number of ether oxygens (including phenoxy) is 2. The van der Waals surface area contributed by atoms with Gasteiger partial charge in [-0.15, -0.1) is 26.0 Å². The molecule has 1 aliphatic heterocycles. The minimum atomic E-state index is -1.18. The van der Waals surface area contributed by atoms with Crippen molar-refractivity contribution in [1.82, 2.24) is 0 Å². The summed E-state index contributed by atoms with van der Waals surface area (Å²) < 4.78 is 11.7. The van der Waals surface area contributed by atoms with E-state index in [2.05, 4.69) is 25.0 Å². The highest BCUT2D eigenvalue weighted by atomic mass is 16.8. The van der Waals surface area contributed by atoms with Crippen LogP contribution in [0.1, 0.15) is 26.7 Å². The first-order valence-electron chi connectivity index (χ1n) is 5.48. The average Bonchev–Trinajstić information content (AvgIpc) is 2.47. The molecule has 0 amide bonds. The number of hydrogen-bond acceptors (Lipinski definition) is 2. The number of terminal acetylenes is 2. The van der Waals surface area contributed by atoms with Crippen LogP contribution in [0, 0.1) is 24.7 Å². The van der Waals surface area contributed by atoms with Crippen LogP contribution in [0.15, 0.2) is 25.3 Å². The van der Waals surface area contributed by atoms with Crippen LogP contribution in [0.4, 0.5) is 0 Å². The maximum atomic E-state index is 5.97. The molecule has 0 aliphatic carbocycles. The molecule has 1 aliphatic rings. The van der Waals surface area contributed by atoms with Gasteiger partial charge in [-0.1, -0.05) is 24.0 Å². The molecule has 0 radical (unpaired) electrons. The Morgan fingerprint density at radius 1 is 1.06 bits per heavy atom. The fourth-order valence-corrected chi connectivity index (χ4v) is 2.31. The molecule has 2 nitrogen and oxygen atoms in total. The largest absolute Gasteiger partial charge is 0.338 e. The molecule has 0 aromatic carbocycles. The predicted molar refractivity (Wildman–Crippen MR) is 69.0 cm³/mol. The van der Waals surface area contributed by atoms with Gasteiger partial charge in [0.05, 0.1) is 0 Å². The first kappa shape index (κ1) is 13.6. The zero-order chi connectivity index (χ0) is 13.2. The molecular weight excluding hydrogens is 212 g/mol. The van der Waals surface area contributed by atoms with Crippen molar-refractivity contribution in [3.8, 4) is 24.7 Å². The molecule has 0 bridgehead atoms. The van der Waals surface area contributed by atoms with Crippen LogP contribution in [0.25, 0.3) is 0 Å². The van der Waals surface area contributed by atoms with Crippen LogP contribution in [0.3, 0.4) is 0 Å². The fraction of sp³-hybridized carbons (Fsp3) is 0.467. The van der Waals surface area contributed by atoms with Crippen molar-refractivity contribution >= 4 is 0 Å². The van der Waals surface area contributed by atoms with E-state index in [1.165, 1.54) is 0 Å². The van der Waals surface area contributed by atoms with Crippen molar-refractivity contribution < 1.29 is 9.47 Å². The van der Waals surface area contributed by atoms with Gasteiger partial charge in [-0.05, 0) is 26.7 Å². The van der Waals surface area contributed by atoms with Crippen molar-refractivity contribution in [2.45, 2.75) is 43.7 Å². The van der Waals surface area contributed by atoms with Crippen molar-refractivity contribution in [1.29, 1.82) is 0 Å². The minimum Gasteiger partial charge on any atom is -0.338 e. The second-order valence-corrected chi connectivity index (χ2v) is 4.55. The Balaban J connectivity index is 3.34. The summed E-state index contributed by atoms with van der Waals surface area (Å²) in [6, 6.07) is 0. The SMILES string of the molecule is C#CC1(C#C)OC(C)(C)OC1(CC=C)CC=C. The highest BCUT2D eigenvalue weighted by molar-refractivity contribution is 5.36. The van der Waals surface area contributed by atoms with Gasteiger partial charge < -0.3 is 9.47 Å². The van der Waals surface area contributed by atoms with Crippen LogP contribution in [-0.2, 0) is 9.47 Å². The Bertz CT molecular complexity index is 380. The number of rotatable bonds is 4. The van der Waals surface area contributed by atoms with E-state index in [4.69, 9.17) is 22.3 Å². The average molecular weight is 230 g/mol. The van der Waals surface area contributed by atoms with E-state index in [0.717, 1.165) is 0 Å². The van der Waals surface area contributed by atoms with Gasteiger partial charge in [0.2, 0.25) is 5.60 Å². The van der Waals surface area contributed by atoms with E-state index < -0.39 is 17.0 Å². The molecule has 2 heteroatoms. The molecule has 0 N–H and O–H groups in total. The predicted octanol–water partition coefficient (Wildman–Crippen LogP) is 2.67. The molecule has 0 spiro atoms. The van der Waals surface area contributed by atoms with Gasteiger partial charge in [0.25, 0.3) is 0 Å². The first-order valence-corrected chi connectivity index (χ1v) is 5.48. The van der Waals surface area contributed by atoms with Crippen LogP contribution < -0.4 is 0 Å². The van der Waals surface area contributed by atoms with Crippen LogP contribution >= 0.6 is 0 Å². The molecule has 1 saturated heterocycles. The van der Waals surface area contributed by atoms with Gasteiger partial charge >= 0.3 is 0 Å². The lowest BCUT2D eigenvalue weighted by Crippen LogP contribution is -2.49. The number of hydrogen-bond donors (Lipinski definition) is 0. The summed E-state index contributed by atoms with van der Waals surface area (Å²) in [5, 5.41) is 0. The Morgan fingerprint density at radius 2 is 1.53 bits per heavy atom. The summed E-state index contributed by atoms with van der Waals surface area (Å²) in [5.74, 6) is 4.31. The zero-order valence-corrected chi connectivity index (χ0v) is 10.5. The Morgan fingerprint density at radius 3 is 1.88 bits per heavy atom. The van der Waals surface area contributed by atoms with Crippen LogP contribution in [0.5, 0.6) is 0 Å². The smallest absolute Gasteiger partial charge is 0.222 e. The van der Waals surface area contributed by atoms with E-state index >= 15 is 0 Å². The lowest BCUT2D eigenvalue weighted by atomic mass is 9.79. The van der Waals surface area contributed by atoms with Gasteiger partial charge in [-0.25, -0.2) is 0 Å². The lowest BCUT2D eigenvalue weighted by molar-refractivity contribution is -0.162. The summed E-state index contributed by atoms with van der Waals surface area (Å²) in [6.07, 6.45) is 15.6. The molecule has 0 aromatic heterocycles. The molecule has 0 unspecified atom stereocenters. The van der Waals surface area contributed by atoms with Crippen molar-refractivity contribution in [2.24, 2.45) is 0 Å². The second kappa shape index (κ2) is 4.41. The standard InChI is InChI=1S/C15H18O2/c1-7-11-15(12-8-2)14(9-3,10-4)16-13(5,6)17-15/h3-4,7-8H,1-2,11-12H2,5-6H3. The summed E-state index contributed by atoms with van der Waals surface area (Å²) in [7, 11) is 0. The molecule has 1 heterocycles. The van der Waals surface area contributed by atoms with E-state index in [1.807, 2.05) is 0 Å². The summed E-state index contributed by atoms with van der Waals surface area (Å²) in [6.45, 7) is 11.0. The van der Waals surface area contributed by atoms with E-state index in [1.54, 1.807) is 26.0 Å². The topological polar surface area (TPSA) is 18.5 Å². The second-order valence-electron chi connectivity index (χ2n) is 4.55. The highest BCUT2D eigenvalue weighted by Gasteiger charge is 2.61.